The molecular formula is C11H14N2O2S. The number of hydrogen-bond donors (Lipinski definition) is 2. The summed E-state index contributed by atoms with van der Waals surface area (Å²) >= 11 is 1.97. The summed E-state index contributed by atoms with van der Waals surface area (Å²) in [4.78, 5) is 14.9. The first-order valence-corrected chi connectivity index (χ1v) is 6.42. The van der Waals surface area contributed by atoms with Crippen LogP contribution in [0.4, 0.5) is 5.82 Å². The Kier molecular flexibility index (Phi) is 3.66. The number of nitrogens with one attached hydrogen (secondary N) is 1. The first kappa shape index (κ1) is 11.3. The van der Waals surface area contributed by atoms with Crippen LogP contribution in [-0.4, -0.2) is 34.1 Å². The topological polar surface area (TPSA) is 62.2 Å². The molecule has 1 aromatic heterocycles. The second-order valence-electron chi connectivity index (χ2n) is 3.85. The van der Waals surface area contributed by atoms with Crippen molar-refractivity contribution in [1.29, 1.82) is 0 Å². The largest absolute Gasteiger partial charge is 0.478 e. The zero-order valence-corrected chi connectivity index (χ0v) is 9.67. The molecule has 0 radical (unpaired) electrons. The normalized spacial score (nSPS) is 19.6. The summed E-state index contributed by atoms with van der Waals surface area (Å²) in [5.41, 5.74) is 0.276. The van der Waals surface area contributed by atoms with Crippen LogP contribution in [0.3, 0.4) is 0 Å². The van der Waals surface area contributed by atoms with Crippen LogP contribution >= 0.6 is 11.8 Å². The highest BCUT2D eigenvalue weighted by molar-refractivity contribution is 7.99. The van der Waals surface area contributed by atoms with Gasteiger partial charge in [0, 0.05) is 12.7 Å². The molecule has 1 aliphatic rings. The van der Waals surface area contributed by atoms with Gasteiger partial charge in [-0.3, -0.25) is 0 Å². The summed E-state index contributed by atoms with van der Waals surface area (Å²) in [7, 11) is 0. The summed E-state index contributed by atoms with van der Waals surface area (Å²) in [6.07, 6.45) is 2.76. The van der Waals surface area contributed by atoms with Crippen LogP contribution in [0.15, 0.2) is 18.3 Å². The average molecular weight is 238 g/mol. The minimum absolute atomic E-state index is 0.276. The van der Waals surface area contributed by atoms with Gasteiger partial charge >= 0.3 is 5.97 Å². The molecule has 0 spiro atoms. The number of carboxylic acid groups (broad SMARTS) is 1. The van der Waals surface area contributed by atoms with Crippen molar-refractivity contribution in [1.82, 2.24) is 4.98 Å². The van der Waals surface area contributed by atoms with Crippen LogP contribution in [0.5, 0.6) is 0 Å². The first-order chi connectivity index (χ1) is 7.75. The Hall–Kier alpha value is -1.23. The Balaban J connectivity index is 1.93. The number of carboxylic acids is 1. The van der Waals surface area contributed by atoms with E-state index in [1.54, 1.807) is 6.07 Å². The van der Waals surface area contributed by atoms with Gasteiger partial charge in [-0.1, -0.05) is 0 Å². The number of anilines is 1. The van der Waals surface area contributed by atoms with Crippen LogP contribution in [0.1, 0.15) is 16.8 Å². The number of aromatic nitrogens is 1. The molecule has 1 aliphatic heterocycles. The third-order valence-corrected chi connectivity index (χ3v) is 3.83. The van der Waals surface area contributed by atoms with E-state index in [-0.39, 0.29) is 5.56 Å². The highest BCUT2D eigenvalue weighted by atomic mass is 32.2. The molecule has 1 unspecified atom stereocenters. The molecule has 0 amide bonds. The maximum absolute atomic E-state index is 10.8. The summed E-state index contributed by atoms with van der Waals surface area (Å²) in [5.74, 6) is 2.83. The highest BCUT2D eigenvalue weighted by Gasteiger charge is 2.15. The third kappa shape index (κ3) is 2.88. The lowest BCUT2D eigenvalue weighted by molar-refractivity contribution is 0.0697. The van der Waals surface area contributed by atoms with E-state index in [0.29, 0.717) is 11.7 Å². The maximum Gasteiger partial charge on any atom is 0.335 e. The van der Waals surface area contributed by atoms with Crippen molar-refractivity contribution in [3.63, 3.8) is 0 Å². The molecule has 1 aromatic rings. The van der Waals surface area contributed by atoms with Crippen molar-refractivity contribution in [3.05, 3.63) is 23.9 Å². The van der Waals surface area contributed by atoms with Gasteiger partial charge in [-0.2, -0.15) is 11.8 Å². The molecule has 16 heavy (non-hydrogen) atoms. The molecule has 4 nitrogen and oxygen atoms in total. The van der Waals surface area contributed by atoms with Gasteiger partial charge in [-0.05, 0) is 36.0 Å². The SMILES string of the molecule is O=C(O)c1ccnc(NCC2CCSC2)c1. The maximum atomic E-state index is 10.8. The van der Waals surface area contributed by atoms with E-state index in [4.69, 9.17) is 5.11 Å². The van der Waals surface area contributed by atoms with E-state index >= 15 is 0 Å². The molecule has 5 heteroatoms. The summed E-state index contributed by atoms with van der Waals surface area (Å²) in [6, 6.07) is 3.07. The fraction of sp³-hybridized carbons (Fsp3) is 0.455. The number of pyridine rings is 1. The zero-order valence-electron chi connectivity index (χ0n) is 8.85. The lowest BCUT2D eigenvalue weighted by Crippen LogP contribution is -2.14. The molecule has 2 rings (SSSR count). The predicted octanol–water partition coefficient (Wildman–Crippen LogP) is 1.94. The van der Waals surface area contributed by atoms with Crippen molar-refractivity contribution in [2.45, 2.75) is 6.42 Å². The summed E-state index contributed by atoms with van der Waals surface area (Å²) in [5, 5.41) is 12.0. The smallest absolute Gasteiger partial charge is 0.335 e. The molecular weight excluding hydrogens is 224 g/mol. The molecule has 1 atom stereocenters. The van der Waals surface area contributed by atoms with Crippen molar-refractivity contribution >= 4 is 23.5 Å². The van der Waals surface area contributed by atoms with E-state index in [1.807, 2.05) is 11.8 Å². The van der Waals surface area contributed by atoms with Gasteiger partial charge < -0.3 is 10.4 Å². The zero-order chi connectivity index (χ0) is 11.4. The second-order valence-corrected chi connectivity index (χ2v) is 5.00. The highest BCUT2D eigenvalue weighted by Crippen LogP contribution is 2.23. The lowest BCUT2D eigenvalue weighted by Gasteiger charge is -2.10. The number of rotatable bonds is 4. The van der Waals surface area contributed by atoms with Gasteiger partial charge in [0.2, 0.25) is 0 Å². The van der Waals surface area contributed by atoms with Crippen LogP contribution in [-0.2, 0) is 0 Å². The van der Waals surface area contributed by atoms with Crippen LogP contribution in [0, 0.1) is 5.92 Å². The first-order valence-electron chi connectivity index (χ1n) is 5.26. The fourth-order valence-corrected chi connectivity index (χ4v) is 2.94. The monoisotopic (exact) mass is 238 g/mol. The van der Waals surface area contributed by atoms with Crippen molar-refractivity contribution in [3.8, 4) is 0 Å². The molecule has 0 aliphatic carbocycles. The Morgan fingerprint density at radius 3 is 3.25 bits per heavy atom. The molecule has 1 fully saturated rings. The summed E-state index contributed by atoms with van der Waals surface area (Å²) < 4.78 is 0. The second kappa shape index (κ2) is 5.21. The fourth-order valence-electron chi connectivity index (χ4n) is 1.65. The van der Waals surface area contributed by atoms with Crippen LogP contribution in [0.2, 0.25) is 0 Å². The van der Waals surface area contributed by atoms with Crippen molar-refractivity contribution in [2.75, 3.05) is 23.4 Å². The number of carbonyl (C=O) groups is 1. The lowest BCUT2D eigenvalue weighted by atomic mass is 10.1. The third-order valence-electron chi connectivity index (χ3n) is 2.60. The number of nitrogens with zero attached hydrogens (tertiary/aromatic N) is 1. The van der Waals surface area contributed by atoms with Crippen LogP contribution < -0.4 is 5.32 Å². The Bertz CT molecular complexity index is 378. The van der Waals surface area contributed by atoms with E-state index < -0.39 is 5.97 Å². The molecule has 86 valence electrons. The number of aromatic carboxylic acids is 1. The Morgan fingerprint density at radius 1 is 1.69 bits per heavy atom. The van der Waals surface area contributed by atoms with Crippen molar-refractivity contribution < 1.29 is 9.90 Å². The van der Waals surface area contributed by atoms with E-state index in [1.165, 1.54) is 30.2 Å². The van der Waals surface area contributed by atoms with Gasteiger partial charge in [0.05, 0.1) is 5.56 Å². The number of thioether (sulfide) groups is 1. The van der Waals surface area contributed by atoms with E-state index in [2.05, 4.69) is 10.3 Å². The quantitative estimate of drug-likeness (QED) is 0.839. The van der Waals surface area contributed by atoms with Gasteiger partial charge in [0.25, 0.3) is 0 Å². The summed E-state index contributed by atoms with van der Waals surface area (Å²) in [6.45, 7) is 0.878. The van der Waals surface area contributed by atoms with E-state index in [9.17, 15) is 4.79 Å². The minimum Gasteiger partial charge on any atom is -0.478 e. The standard InChI is InChI=1S/C11H14N2O2S/c14-11(15)9-1-3-12-10(5-9)13-6-8-2-4-16-7-8/h1,3,5,8H,2,4,6-7H2,(H,12,13)(H,14,15). The van der Waals surface area contributed by atoms with E-state index in [0.717, 1.165) is 6.54 Å². The molecule has 2 heterocycles. The van der Waals surface area contributed by atoms with Crippen LogP contribution in [0.25, 0.3) is 0 Å². The predicted molar refractivity (Wildman–Crippen MR) is 65.1 cm³/mol. The molecule has 2 N–H and O–H groups in total. The van der Waals surface area contributed by atoms with Gasteiger partial charge in [-0.25, -0.2) is 9.78 Å². The Morgan fingerprint density at radius 2 is 2.56 bits per heavy atom. The Labute approximate surface area is 98.5 Å². The molecule has 0 saturated carbocycles. The van der Waals surface area contributed by atoms with Crippen molar-refractivity contribution in [2.24, 2.45) is 5.92 Å². The number of hydrogen-bond acceptors (Lipinski definition) is 4. The van der Waals surface area contributed by atoms with Gasteiger partial charge in [-0.15, -0.1) is 0 Å². The average Bonchev–Trinajstić information content (AvgIpc) is 2.79. The molecule has 0 bridgehead atoms. The molecule has 0 aromatic carbocycles. The van der Waals surface area contributed by atoms with Gasteiger partial charge in [0.1, 0.15) is 5.82 Å². The molecule has 1 saturated heterocycles. The van der Waals surface area contributed by atoms with Gasteiger partial charge in [0.15, 0.2) is 0 Å². The minimum atomic E-state index is -0.915.